The van der Waals surface area contributed by atoms with E-state index in [-0.39, 0.29) is 12.0 Å². The summed E-state index contributed by atoms with van der Waals surface area (Å²) in [5.74, 6) is 0.702. The van der Waals surface area contributed by atoms with E-state index in [9.17, 15) is 4.79 Å². The van der Waals surface area contributed by atoms with Crippen LogP contribution >= 0.6 is 0 Å². The molecule has 0 spiro atoms. The monoisotopic (exact) mass is 256 g/mol. The lowest BCUT2D eigenvalue weighted by Crippen LogP contribution is -2.48. The first-order chi connectivity index (χ1) is 8.58. The van der Waals surface area contributed by atoms with Gasteiger partial charge >= 0.3 is 5.97 Å². The summed E-state index contributed by atoms with van der Waals surface area (Å²) >= 11 is 0. The number of hydrogen-bond donors (Lipinski definition) is 1. The Balaban J connectivity index is 2.44. The molecular formula is C14H28N2O2. The first-order valence-corrected chi connectivity index (χ1v) is 7.09. The van der Waals surface area contributed by atoms with E-state index < -0.39 is 0 Å². The first-order valence-electron chi connectivity index (χ1n) is 7.09. The molecule has 0 aromatic heterocycles. The van der Waals surface area contributed by atoms with Crippen LogP contribution in [0.1, 0.15) is 39.5 Å². The van der Waals surface area contributed by atoms with Crippen LogP contribution in [0.4, 0.5) is 0 Å². The van der Waals surface area contributed by atoms with Gasteiger partial charge in [0, 0.05) is 12.6 Å². The Labute approximate surface area is 111 Å². The van der Waals surface area contributed by atoms with E-state index in [0.717, 1.165) is 19.0 Å². The van der Waals surface area contributed by atoms with Crippen LogP contribution < -0.4 is 5.32 Å². The molecule has 1 aliphatic carbocycles. The summed E-state index contributed by atoms with van der Waals surface area (Å²) in [6.45, 7) is 5.86. The Hall–Kier alpha value is -0.610. The minimum absolute atomic E-state index is 0.159. The van der Waals surface area contributed by atoms with Gasteiger partial charge in [-0.05, 0) is 45.2 Å². The van der Waals surface area contributed by atoms with E-state index in [1.165, 1.54) is 32.8 Å². The minimum atomic E-state index is -0.204. The lowest BCUT2D eigenvalue weighted by atomic mass is 9.86. The molecule has 1 rings (SSSR count). The third-order valence-electron chi connectivity index (χ3n) is 4.02. The van der Waals surface area contributed by atoms with Crippen molar-refractivity contribution < 1.29 is 9.53 Å². The number of esters is 1. The van der Waals surface area contributed by atoms with E-state index in [1.807, 2.05) is 6.92 Å². The average Bonchev–Trinajstić information content (AvgIpc) is 2.38. The molecule has 1 atom stereocenters. The largest absolute Gasteiger partial charge is 0.468 e. The Morgan fingerprint density at radius 1 is 1.39 bits per heavy atom. The molecule has 0 radical (unpaired) electrons. The van der Waals surface area contributed by atoms with Crippen LogP contribution in [0.15, 0.2) is 0 Å². The SMILES string of the molecule is CCNC(CN(C)C1CCC(C)CC1)C(=O)OC. The van der Waals surface area contributed by atoms with Crippen molar-refractivity contribution in [3.8, 4) is 0 Å². The van der Waals surface area contributed by atoms with E-state index in [2.05, 4.69) is 24.2 Å². The van der Waals surface area contributed by atoms with Crippen LogP contribution in [0.25, 0.3) is 0 Å². The normalized spacial score (nSPS) is 26.1. The zero-order valence-corrected chi connectivity index (χ0v) is 12.2. The number of carbonyl (C=O) groups excluding carboxylic acids is 1. The lowest BCUT2D eigenvalue weighted by Gasteiger charge is -2.35. The molecule has 106 valence electrons. The van der Waals surface area contributed by atoms with Gasteiger partial charge in [-0.3, -0.25) is 4.79 Å². The van der Waals surface area contributed by atoms with Gasteiger partial charge in [0.15, 0.2) is 0 Å². The van der Waals surface area contributed by atoms with Crippen LogP contribution in [-0.2, 0) is 9.53 Å². The molecule has 1 saturated carbocycles. The number of nitrogens with one attached hydrogen (secondary N) is 1. The molecule has 0 heterocycles. The Kier molecular flexibility index (Phi) is 6.65. The zero-order valence-electron chi connectivity index (χ0n) is 12.2. The van der Waals surface area contributed by atoms with Gasteiger partial charge in [-0.15, -0.1) is 0 Å². The quantitative estimate of drug-likeness (QED) is 0.734. The van der Waals surface area contributed by atoms with Crippen molar-refractivity contribution in [3.63, 3.8) is 0 Å². The van der Waals surface area contributed by atoms with Crippen molar-refractivity contribution in [2.24, 2.45) is 5.92 Å². The highest BCUT2D eigenvalue weighted by molar-refractivity contribution is 5.75. The van der Waals surface area contributed by atoms with Crippen molar-refractivity contribution in [2.45, 2.75) is 51.6 Å². The van der Waals surface area contributed by atoms with Crippen LogP contribution in [0.2, 0.25) is 0 Å². The van der Waals surface area contributed by atoms with Gasteiger partial charge < -0.3 is 15.0 Å². The molecule has 4 nitrogen and oxygen atoms in total. The second-order valence-corrected chi connectivity index (χ2v) is 5.49. The standard InChI is InChI=1S/C14H28N2O2/c1-5-15-13(14(17)18-4)10-16(3)12-8-6-11(2)7-9-12/h11-13,15H,5-10H2,1-4H3. The Morgan fingerprint density at radius 3 is 2.50 bits per heavy atom. The summed E-state index contributed by atoms with van der Waals surface area (Å²) in [5, 5.41) is 3.20. The summed E-state index contributed by atoms with van der Waals surface area (Å²) in [5.41, 5.74) is 0. The summed E-state index contributed by atoms with van der Waals surface area (Å²) in [6.07, 6.45) is 5.10. The molecule has 0 aromatic carbocycles. The molecule has 1 unspecified atom stereocenters. The maximum absolute atomic E-state index is 11.7. The van der Waals surface area contributed by atoms with Crippen molar-refractivity contribution in [1.29, 1.82) is 0 Å². The van der Waals surface area contributed by atoms with Crippen LogP contribution in [-0.4, -0.2) is 50.2 Å². The lowest BCUT2D eigenvalue weighted by molar-refractivity contribution is -0.143. The van der Waals surface area contributed by atoms with E-state index in [4.69, 9.17) is 4.74 Å². The number of rotatable bonds is 6. The van der Waals surface area contributed by atoms with Gasteiger partial charge in [0.1, 0.15) is 6.04 Å². The number of methoxy groups -OCH3 is 1. The molecule has 0 aliphatic heterocycles. The molecule has 4 heteroatoms. The molecule has 0 aromatic rings. The van der Waals surface area contributed by atoms with Crippen molar-refractivity contribution in [1.82, 2.24) is 10.2 Å². The molecular weight excluding hydrogens is 228 g/mol. The van der Waals surface area contributed by atoms with Gasteiger partial charge in [-0.25, -0.2) is 0 Å². The maximum atomic E-state index is 11.7. The summed E-state index contributed by atoms with van der Waals surface area (Å²) in [6, 6.07) is 0.413. The summed E-state index contributed by atoms with van der Waals surface area (Å²) in [7, 11) is 3.57. The van der Waals surface area contributed by atoms with Gasteiger partial charge in [0.25, 0.3) is 0 Å². The van der Waals surface area contributed by atoms with Gasteiger partial charge in [0.05, 0.1) is 7.11 Å². The average molecular weight is 256 g/mol. The molecule has 18 heavy (non-hydrogen) atoms. The van der Waals surface area contributed by atoms with Gasteiger partial charge in [-0.1, -0.05) is 13.8 Å². The molecule has 0 amide bonds. The number of hydrogen-bond acceptors (Lipinski definition) is 4. The highest BCUT2D eigenvalue weighted by Crippen LogP contribution is 2.26. The van der Waals surface area contributed by atoms with Crippen molar-refractivity contribution in [3.05, 3.63) is 0 Å². The first kappa shape index (κ1) is 15.4. The van der Waals surface area contributed by atoms with Crippen LogP contribution in [0.3, 0.4) is 0 Å². The van der Waals surface area contributed by atoms with Crippen molar-refractivity contribution >= 4 is 5.97 Å². The Morgan fingerprint density at radius 2 is 2.00 bits per heavy atom. The highest BCUT2D eigenvalue weighted by Gasteiger charge is 2.26. The molecule has 0 saturated heterocycles. The smallest absolute Gasteiger partial charge is 0.324 e. The van der Waals surface area contributed by atoms with E-state index in [1.54, 1.807) is 0 Å². The van der Waals surface area contributed by atoms with Crippen molar-refractivity contribution in [2.75, 3.05) is 27.2 Å². The fourth-order valence-corrected chi connectivity index (χ4v) is 2.73. The maximum Gasteiger partial charge on any atom is 0.324 e. The summed E-state index contributed by atoms with van der Waals surface area (Å²) < 4.78 is 4.84. The van der Waals surface area contributed by atoms with E-state index >= 15 is 0 Å². The van der Waals surface area contributed by atoms with Gasteiger partial charge in [0.2, 0.25) is 0 Å². The third-order valence-corrected chi connectivity index (χ3v) is 4.02. The van der Waals surface area contributed by atoms with E-state index in [0.29, 0.717) is 6.04 Å². The second-order valence-electron chi connectivity index (χ2n) is 5.49. The number of carbonyl (C=O) groups is 1. The molecule has 1 fully saturated rings. The summed E-state index contributed by atoms with van der Waals surface area (Å²) in [4.78, 5) is 14.0. The fraction of sp³-hybridized carbons (Fsp3) is 0.929. The number of nitrogens with zero attached hydrogens (tertiary/aromatic N) is 1. The topological polar surface area (TPSA) is 41.6 Å². The zero-order chi connectivity index (χ0) is 13.5. The predicted molar refractivity (Wildman–Crippen MR) is 73.5 cm³/mol. The molecule has 1 N–H and O–H groups in total. The van der Waals surface area contributed by atoms with Crippen LogP contribution in [0.5, 0.6) is 0 Å². The minimum Gasteiger partial charge on any atom is -0.468 e. The Bertz CT molecular complexity index is 250. The number of ether oxygens (including phenoxy) is 1. The highest BCUT2D eigenvalue weighted by atomic mass is 16.5. The molecule has 0 bridgehead atoms. The van der Waals surface area contributed by atoms with Crippen LogP contribution in [0, 0.1) is 5.92 Å². The third kappa shape index (κ3) is 4.58. The molecule has 1 aliphatic rings. The predicted octanol–water partition coefficient (Wildman–Crippen LogP) is 1.65. The van der Waals surface area contributed by atoms with Gasteiger partial charge in [-0.2, -0.15) is 0 Å². The fourth-order valence-electron chi connectivity index (χ4n) is 2.73. The number of likely N-dealkylation sites (N-methyl/N-ethyl adjacent to an activating group) is 2. The second kappa shape index (κ2) is 7.74.